The monoisotopic (exact) mass is 300 g/mol. The molecule has 1 nitrogen and oxygen atoms in total. The number of methoxy groups -OCH3 is 1. The van der Waals surface area contributed by atoms with Gasteiger partial charge in [0.1, 0.15) is 11.6 Å². The van der Waals surface area contributed by atoms with E-state index in [4.69, 9.17) is 16.3 Å². The van der Waals surface area contributed by atoms with Crippen LogP contribution in [0.3, 0.4) is 0 Å². The maximum Gasteiger partial charge on any atom is 0.165 e. The van der Waals surface area contributed by atoms with Crippen molar-refractivity contribution in [2.75, 3.05) is 7.11 Å². The van der Waals surface area contributed by atoms with Crippen molar-refractivity contribution in [3.05, 3.63) is 64.5 Å². The van der Waals surface area contributed by atoms with E-state index >= 15 is 0 Å². The lowest BCUT2D eigenvalue weighted by Gasteiger charge is -2.14. The van der Waals surface area contributed by atoms with Gasteiger partial charge in [-0.15, -0.1) is 11.6 Å². The van der Waals surface area contributed by atoms with Gasteiger partial charge >= 0.3 is 0 Å². The average molecular weight is 301 g/mol. The van der Waals surface area contributed by atoms with Gasteiger partial charge in [0.15, 0.2) is 11.6 Å². The zero-order valence-corrected chi connectivity index (χ0v) is 11.6. The van der Waals surface area contributed by atoms with E-state index in [2.05, 4.69) is 0 Å². The van der Waals surface area contributed by atoms with Crippen LogP contribution in [0.4, 0.5) is 13.2 Å². The van der Waals surface area contributed by atoms with E-state index in [1.54, 1.807) is 0 Å². The van der Waals surface area contributed by atoms with Gasteiger partial charge in [0.05, 0.1) is 12.5 Å². The van der Waals surface area contributed by atoms with Crippen LogP contribution >= 0.6 is 11.6 Å². The van der Waals surface area contributed by atoms with Crippen molar-refractivity contribution in [1.29, 1.82) is 0 Å². The number of alkyl halides is 1. The highest BCUT2D eigenvalue weighted by atomic mass is 35.5. The molecular formula is C15H12ClF3O. The molecule has 5 heteroatoms. The Morgan fingerprint density at radius 3 is 2.35 bits per heavy atom. The van der Waals surface area contributed by atoms with Crippen LogP contribution in [0.1, 0.15) is 22.1 Å². The summed E-state index contributed by atoms with van der Waals surface area (Å²) in [5.41, 5.74) is 0.627. The molecule has 0 amide bonds. The molecule has 2 rings (SSSR count). The van der Waals surface area contributed by atoms with Crippen LogP contribution in [0.5, 0.6) is 5.75 Å². The highest BCUT2D eigenvalue weighted by molar-refractivity contribution is 6.22. The van der Waals surface area contributed by atoms with Gasteiger partial charge in [-0.1, -0.05) is 6.07 Å². The first-order valence-corrected chi connectivity index (χ1v) is 6.30. The van der Waals surface area contributed by atoms with Crippen molar-refractivity contribution < 1.29 is 17.9 Å². The molecule has 0 saturated heterocycles. The molecule has 0 aliphatic heterocycles. The minimum atomic E-state index is -0.931. The second-order valence-corrected chi connectivity index (χ2v) is 4.82. The zero-order chi connectivity index (χ0) is 14.9. The van der Waals surface area contributed by atoms with Crippen LogP contribution in [0.25, 0.3) is 0 Å². The summed E-state index contributed by atoms with van der Waals surface area (Å²) in [5.74, 6) is -1.69. The summed E-state index contributed by atoms with van der Waals surface area (Å²) >= 11 is 6.16. The third-order valence-electron chi connectivity index (χ3n) is 3.02. The Labute approximate surface area is 119 Å². The highest BCUT2D eigenvalue weighted by Gasteiger charge is 2.19. The molecule has 0 N–H and O–H groups in total. The van der Waals surface area contributed by atoms with E-state index in [1.165, 1.54) is 32.2 Å². The molecule has 2 aromatic carbocycles. The lowest BCUT2D eigenvalue weighted by atomic mass is 10.0. The summed E-state index contributed by atoms with van der Waals surface area (Å²) in [6.07, 6.45) is 0. The number of halogens is 4. The van der Waals surface area contributed by atoms with Gasteiger partial charge in [0.25, 0.3) is 0 Å². The Kier molecular flexibility index (Phi) is 4.23. The first-order valence-electron chi connectivity index (χ1n) is 5.87. The van der Waals surface area contributed by atoms with Crippen LogP contribution in [-0.2, 0) is 0 Å². The minimum Gasteiger partial charge on any atom is -0.494 e. The minimum absolute atomic E-state index is 0.00106. The Balaban J connectivity index is 2.46. The maximum absolute atomic E-state index is 13.9. The summed E-state index contributed by atoms with van der Waals surface area (Å²) in [5, 5.41) is -0.931. The van der Waals surface area contributed by atoms with E-state index in [9.17, 15) is 13.2 Å². The third-order valence-corrected chi connectivity index (χ3v) is 3.51. The Hall–Kier alpha value is -1.68. The van der Waals surface area contributed by atoms with Gasteiger partial charge < -0.3 is 4.74 Å². The van der Waals surface area contributed by atoms with E-state index in [1.807, 2.05) is 0 Å². The molecule has 1 atom stereocenters. The lowest BCUT2D eigenvalue weighted by Crippen LogP contribution is -2.01. The zero-order valence-electron chi connectivity index (χ0n) is 10.9. The van der Waals surface area contributed by atoms with Crippen molar-refractivity contribution in [1.82, 2.24) is 0 Å². The van der Waals surface area contributed by atoms with E-state index < -0.39 is 22.8 Å². The van der Waals surface area contributed by atoms with Crippen LogP contribution in [0, 0.1) is 24.4 Å². The van der Waals surface area contributed by atoms with E-state index in [0.717, 1.165) is 12.1 Å². The van der Waals surface area contributed by atoms with Crippen molar-refractivity contribution in [3.63, 3.8) is 0 Å². The molecule has 0 saturated carbocycles. The van der Waals surface area contributed by atoms with Crippen molar-refractivity contribution >= 4 is 11.6 Å². The number of rotatable bonds is 3. The van der Waals surface area contributed by atoms with Crippen molar-refractivity contribution in [2.45, 2.75) is 12.3 Å². The molecule has 0 fully saturated rings. The molecule has 2 aromatic rings. The fourth-order valence-corrected chi connectivity index (χ4v) is 2.17. The van der Waals surface area contributed by atoms with Gasteiger partial charge in [0.2, 0.25) is 0 Å². The van der Waals surface area contributed by atoms with Gasteiger partial charge in [0, 0.05) is 5.56 Å². The second kappa shape index (κ2) is 5.75. The van der Waals surface area contributed by atoms with Crippen LogP contribution in [0.15, 0.2) is 30.3 Å². The molecule has 106 valence electrons. The molecule has 1 unspecified atom stereocenters. The van der Waals surface area contributed by atoms with Gasteiger partial charge in [-0.2, -0.15) is 0 Å². The Bertz CT molecular complexity index is 643. The standard InChI is InChI=1S/C15H12ClF3O/c1-8-5-13(19)10(7-12(8)18)15(16)9-3-4-11(17)14(6-9)20-2/h3-7,15H,1-2H3. The van der Waals surface area contributed by atoms with Crippen LogP contribution in [0.2, 0.25) is 0 Å². The smallest absolute Gasteiger partial charge is 0.165 e. The Morgan fingerprint density at radius 1 is 1.00 bits per heavy atom. The summed E-state index contributed by atoms with van der Waals surface area (Å²) < 4.78 is 45.6. The first kappa shape index (κ1) is 14.7. The number of hydrogen-bond donors (Lipinski definition) is 0. The number of hydrogen-bond acceptors (Lipinski definition) is 1. The van der Waals surface area contributed by atoms with Crippen molar-refractivity contribution in [3.8, 4) is 5.75 Å². The summed E-state index contributed by atoms with van der Waals surface area (Å²) in [7, 11) is 1.32. The average Bonchev–Trinajstić information content (AvgIpc) is 2.42. The fraction of sp³-hybridized carbons (Fsp3) is 0.200. The fourth-order valence-electron chi connectivity index (χ4n) is 1.87. The molecular weight excluding hydrogens is 289 g/mol. The number of aryl methyl sites for hydroxylation is 1. The van der Waals surface area contributed by atoms with Crippen LogP contribution < -0.4 is 4.74 Å². The summed E-state index contributed by atoms with van der Waals surface area (Å²) in [6.45, 7) is 1.46. The quantitative estimate of drug-likeness (QED) is 0.743. The van der Waals surface area contributed by atoms with Gasteiger partial charge in [-0.25, -0.2) is 13.2 Å². The Morgan fingerprint density at radius 2 is 1.70 bits per heavy atom. The van der Waals surface area contributed by atoms with Gasteiger partial charge in [-0.3, -0.25) is 0 Å². The topological polar surface area (TPSA) is 9.23 Å². The largest absolute Gasteiger partial charge is 0.494 e. The molecule has 0 heterocycles. The molecule has 0 spiro atoms. The molecule has 0 radical (unpaired) electrons. The predicted octanol–water partition coefficient (Wildman–Crippen LogP) is 4.75. The first-order chi connectivity index (χ1) is 9.43. The summed E-state index contributed by atoms with van der Waals surface area (Å²) in [6, 6.07) is 6.09. The third kappa shape index (κ3) is 2.75. The lowest BCUT2D eigenvalue weighted by molar-refractivity contribution is 0.386. The van der Waals surface area contributed by atoms with Crippen molar-refractivity contribution in [2.24, 2.45) is 0 Å². The normalized spacial score (nSPS) is 12.3. The molecule has 0 bridgehead atoms. The molecule has 0 aliphatic carbocycles. The van der Waals surface area contributed by atoms with E-state index in [-0.39, 0.29) is 16.9 Å². The highest BCUT2D eigenvalue weighted by Crippen LogP contribution is 2.34. The number of ether oxygens (including phenoxy) is 1. The summed E-state index contributed by atoms with van der Waals surface area (Å²) in [4.78, 5) is 0. The maximum atomic E-state index is 13.9. The SMILES string of the molecule is COc1cc(C(Cl)c2cc(F)c(C)cc2F)ccc1F. The molecule has 20 heavy (non-hydrogen) atoms. The van der Waals surface area contributed by atoms with E-state index in [0.29, 0.717) is 5.56 Å². The van der Waals surface area contributed by atoms with Gasteiger partial charge in [-0.05, 0) is 42.3 Å². The second-order valence-electron chi connectivity index (χ2n) is 4.38. The predicted molar refractivity (Wildman–Crippen MR) is 71.7 cm³/mol. The molecule has 0 aromatic heterocycles. The number of benzene rings is 2. The molecule has 0 aliphatic rings. The van der Waals surface area contributed by atoms with Crippen LogP contribution in [-0.4, -0.2) is 7.11 Å².